The number of rotatable bonds is 2. The highest BCUT2D eigenvalue weighted by atomic mass is 19.3. The van der Waals surface area contributed by atoms with Crippen molar-refractivity contribution in [3.05, 3.63) is 47.2 Å². The third kappa shape index (κ3) is 2.47. The maximum absolute atomic E-state index is 13.9. The van der Waals surface area contributed by atoms with Gasteiger partial charge in [-0.05, 0) is 25.1 Å². The predicted octanol–water partition coefficient (Wildman–Crippen LogP) is 2.50. The molecule has 0 spiro atoms. The first-order valence-electron chi connectivity index (χ1n) is 6.43. The van der Waals surface area contributed by atoms with Gasteiger partial charge < -0.3 is 10.6 Å². The minimum atomic E-state index is -3.18. The molecule has 1 aliphatic rings. The van der Waals surface area contributed by atoms with Gasteiger partial charge in [-0.2, -0.15) is 8.78 Å². The molecule has 2 aromatic rings. The number of fused-ring (bicyclic) bond motifs is 1. The number of hydrogen-bond acceptors (Lipinski definition) is 4. The molecule has 8 heteroatoms. The lowest BCUT2D eigenvalue weighted by atomic mass is 9.96. The number of nitrogens with zero attached hydrogens (tertiary/aromatic N) is 2. The van der Waals surface area contributed by atoms with Crippen LogP contribution < -0.4 is 10.6 Å². The Morgan fingerprint density at radius 2 is 2.14 bits per heavy atom. The van der Waals surface area contributed by atoms with Gasteiger partial charge in [-0.1, -0.05) is 0 Å². The third-order valence-corrected chi connectivity index (χ3v) is 3.26. The van der Waals surface area contributed by atoms with Crippen LogP contribution in [0.2, 0.25) is 0 Å². The van der Waals surface area contributed by atoms with Crippen LogP contribution in [0.5, 0.6) is 0 Å². The van der Waals surface area contributed by atoms with Gasteiger partial charge in [0, 0.05) is 16.8 Å². The van der Waals surface area contributed by atoms with Crippen molar-refractivity contribution in [3.8, 4) is 0 Å². The smallest absolute Gasteiger partial charge is 0.291 e. The number of hydrogen-bond donors (Lipinski definition) is 2. The van der Waals surface area contributed by atoms with E-state index in [2.05, 4.69) is 20.6 Å². The zero-order chi connectivity index (χ0) is 15.9. The highest BCUT2D eigenvalue weighted by molar-refractivity contribution is 5.97. The second kappa shape index (κ2) is 4.97. The molecule has 0 saturated heterocycles. The highest BCUT2D eigenvalue weighted by Crippen LogP contribution is 2.35. The van der Waals surface area contributed by atoms with Crippen molar-refractivity contribution in [2.45, 2.75) is 12.8 Å². The fraction of sp³-hybridized carbons (Fsp3) is 0.214. The molecular weight excluding hydrogens is 297 g/mol. The van der Waals surface area contributed by atoms with E-state index >= 15 is 0 Å². The number of aryl methyl sites for hydroxylation is 1. The largest absolute Gasteiger partial charge is 0.346 e. The molecule has 5 nitrogen and oxygen atoms in total. The summed E-state index contributed by atoms with van der Waals surface area (Å²) in [6, 6.07) is 3.81. The molecule has 0 radical (unpaired) electrons. The normalized spacial score (nSPS) is 15.9. The van der Waals surface area contributed by atoms with Crippen molar-refractivity contribution < 1.29 is 18.0 Å². The Hall–Kier alpha value is -2.64. The Bertz CT molecular complexity index is 764. The zero-order valence-electron chi connectivity index (χ0n) is 11.5. The number of amides is 1. The maximum atomic E-state index is 13.9. The average molecular weight is 308 g/mol. The van der Waals surface area contributed by atoms with Crippen molar-refractivity contribution in [2.24, 2.45) is 0 Å². The van der Waals surface area contributed by atoms with Gasteiger partial charge in [0.25, 0.3) is 11.8 Å². The van der Waals surface area contributed by atoms with E-state index in [1.807, 2.05) is 0 Å². The van der Waals surface area contributed by atoms with Crippen LogP contribution in [-0.4, -0.2) is 22.4 Å². The first kappa shape index (κ1) is 14.3. The van der Waals surface area contributed by atoms with Crippen molar-refractivity contribution in [1.29, 1.82) is 0 Å². The van der Waals surface area contributed by atoms with Crippen LogP contribution in [-0.2, 0) is 5.92 Å². The highest BCUT2D eigenvalue weighted by Gasteiger charge is 2.40. The number of aromatic nitrogens is 2. The lowest BCUT2D eigenvalue weighted by Gasteiger charge is -2.26. The molecule has 1 amide bonds. The summed E-state index contributed by atoms with van der Waals surface area (Å²) in [5, 5.41) is 4.75. The summed E-state index contributed by atoms with van der Waals surface area (Å²) >= 11 is 0. The number of carbonyl (C=O) groups is 1. The molecule has 0 saturated carbocycles. The maximum Gasteiger partial charge on any atom is 0.291 e. The Balaban J connectivity index is 2.00. The van der Waals surface area contributed by atoms with Crippen LogP contribution in [0.1, 0.15) is 21.7 Å². The van der Waals surface area contributed by atoms with E-state index in [1.54, 1.807) is 6.92 Å². The first-order valence-corrected chi connectivity index (χ1v) is 6.43. The number of benzene rings is 1. The van der Waals surface area contributed by atoms with E-state index in [9.17, 15) is 18.0 Å². The number of halogens is 3. The van der Waals surface area contributed by atoms with E-state index in [4.69, 9.17) is 0 Å². The Morgan fingerprint density at radius 3 is 2.91 bits per heavy atom. The molecule has 1 aromatic heterocycles. The number of anilines is 2. The van der Waals surface area contributed by atoms with E-state index < -0.39 is 29.8 Å². The van der Waals surface area contributed by atoms with Gasteiger partial charge in [0.2, 0.25) is 0 Å². The summed E-state index contributed by atoms with van der Waals surface area (Å²) in [5.41, 5.74) is -0.279. The van der Waals surface area contributed by atoms with E-state index in [1.165, 1.54) is 12.1 Å². The Morgan fingerprint density at radius 1 is 1.36 bits per heavy atom. The molecule has 0 unspecified atom stereocenters. The number of nitrogens with one attached hydrogen (secondary N) is 2. The van der Waals surface area contributed by atoms with Gasteiger partial charge in [-0.25, -0.2) is 14.4 Å². The molecule has 2 heterocycles. The molecular formula is C14H11F3N4O. The van der Waals surface area contributed by atoms with E-state index in [0.717, 1.165) is 12.3 Å². The molecule has 1 aliphatic heterocycles. The zero-order valence-corrected chi connectivity index (χ0v) is 11.5. The van der Waals surface area contributed by atoms with Crippen LogP contribution in [0.15, 0.2) is 24.4 Å². The summed E-state index contributed by atoms with van der Waals surface area (Å²) in [7, 11) is 0. The van der Waals surface area contributed by atoms with Crippen molar-refractivity contribution in [3.63, 3.8) is 0 Å². The fourth-order valence-corrected chi connectivity index (χ4v) is 2.18. The van der Waals surface area contributed by atoms with Gasteiger partial charge in [-0.15, -0.1) is 0 Å². The quantitative estimate of drug-likeness (QED) is 0.894. The second-order valence-corrected chi connectivity index (χ2v) is 4.89. The lowest BCUT2D eigenvalue weighted by molar-refractivity contribution is -0.00832. The molecule has 0 atom stereocenters. The number of carbonyl (C=O) groups excluding carboxylic acids is 1. The summed E-state index contributed by atoms with van der Waals surface area (Å²) in [6.45, 7) is 0.819. The molecule has 114 valence electrons. The van der Waals surface area contributed by atoms with E-state index in [0.29, 0.717) is 5.82 Å². The monoisotopic (exact) mass is 308 g/mol. The summed E-state index contributed by atoms with van der Waals surface area (Å²) in [6.07, 6.45) is 0.991. The summed E-state index contributed by atoms with van der Waals surface area (Å²) in [4.78, 5) is 19.1. The predicted molar refractivity (Wildman–Crippen MR) is 72.7 cm³/mol. The standard InChI is InChI=1S/C14H11F3N4O/c1-7-18-5-11(15)12(20-7)21-8-2-3-9-10(4-8)14(16,17)6-19-13(9)22/h2-5H,6H2,1H3,(H,19,22)(H,18,20,21). The molecule has 0 aliphatic carbocycles. The van der Waals surface area contributed by atoms with E-state index in [-0.39, 0.29) is 17.1 Å². The first-order chi connectivity index (χ1) is 10.4. The summed E-state index contributed by atoms with van der Waals surface area (Å²) < 4.78 is 41.4. The van der Waals surface area contributed by atoms with Crippen LogP contribution >= 0.6 is 0 Å². The molecule has 1 aromatic carbocycles. The lowest BCUT2D eigenvalue weighted by Crippen LogP contribution is -2.41. The molecule has 3 rings (SSSR count). The van der Waals surface area contributed by atoms with Crippen molar-refractivity contribution in [1.82, 2.24) is 15.3 Å². The van der Waals surface area contributed by atoms with Crippen LogP contribution in [0, 0.1) is 12.7 Å². The minimum Gasteiger partial charge on any atom is -0.346 e. The van der Waals surface area contributed by atoms with Gasteiger partial charge in [-0.3, -0.25) is 4.79 Å². The Kier molecular flexibility index (Phi) is 3.23. The van der Waals surface area contributed by atoms with Crippen LogP contribution in [0.4, 0.5) is 24.7 Å². The average Bonchev–Trinajstić information content (AvgIpc) is 2.47. The van der Waals surface area contributed by atoms with Gasteiger partial charge in [0.1, 0.15) is 5.82 Å². The SMILES string of the molecule is Cc1ncc(F)c(Nc2ccc3c(c2)C(F)(F)CNC3=O)n1. The topological polar surface area (TPSA) is 66.9 Å². The molecule has 22 heavy (non-hydrogen) atoms. The van der Waals surface area contributed by atoms with Gasteiger partial charge in [0.05, 0.1) is 12.7 Å². The summed E-state index contributed by atoms with van der Waals surface area (Å²) in [5.74, 6) is -4.21. The minimum absolute atomic E-state index is 0.0962. The van der Waals surface area contributed by atoms with Crippen molar-refractivity contribution >= 4 is 17.4 Å². The van der Waals surface area contributed by atoms with Crippen molar-refractivity contribution in [2.75, 3.05) is 11.9 Å². The van der Waals surface area contributed by atoms with Gasteiger partial charge in [0.15, 0.2) is 11.6 Å². The second-order valence-electron chi connectivity index (χ2n) is 4.89. The van der Waals surface area contributed by atoms with Crippen LogP contribution in [0.25, 0.3) is 0 Å². The fourth-order valence-electron chi connectivity index (χ4n) is 2.18. The van der Waals surface area contributed by atoms with Gasteiger partial charge >= 0.3 is 0 Å². The Labute approximate surface area is 123 Å². The number of alkyl halides is 2. The molecule has 0 fully saturated rings. The molecule has 0 bridgehead atoms. The third-order valence-electron chi connectivity index (χ3n) is 3.26. The van der Waals surface area contributed by atoms with Crippen LogP contribution in [0.3, 0.4) is 0 Å². The molecule has 2 N–H and O–H groups in total.